The fourth-order valence-electron chi connectivity index (χ4n) is 1.81. The van der Waals surface area contributed by atoms with Crippen molar-refractivity contribution in [2.45, 2.75) is 23.1 Å². The molecular formula is C12H14N4O5S2. The Morgan fingerprint density at radius 2 is 1.78 bits per heavy atom. The first kappa shape index (κ1) is 17.2. The minimum absolute atomic E-state index is 0.0764. The molecule has 23 heavy (non-hydrogen) atoms. The van der Waals surface area contributed by atoms with Crippen LogP contribution in [0.15, 0.2) is 43.4 Å². The van der Waals surface area contributed by atoms with Gasteiger partial charge in [0.15, 0.2) is 19.7 Å². The maximum Gasteiger partial charge on any atom is 0.271 e. The number of carbonyl (C=O) groups is 1. The van der Waals surface area contributed by atoms with Gasteiger partial charge in [0, 0.05) is 18.2 Å². The van der Waals surface area contributed by atoms with Crippen molar-refractivity contribution in [2.24, 2.45) is 15.4 Å². The first-order chi connectivity index (χ1) is 10.5. The summed E-state index contributed by atoms with van der Waals surface area (Å²) in [6, 6.07) is 3.45. The molecule has 0 radical (unpaired) electrons. The van der Waals surface area contributed by atoms with Gasteiger partial charge in [-0.3, -0.25) is 4.79 Å². The number of sulfone groups is 2. The van der Waals surface area contributed by atoms with E-state index >= 15 is 0 Å². The Labute approximate surface area is 133 Å². The van der Waals surface area contributed by atoms with Crippen LogP contribution in [-0.4, -0.2) is 46.1 Å². The second kappa shape index (κ2) is 5.81. The summed E-state index contributed by atoms with van der Waals surface area (Å²) in [5.74, 6) is -0.389. The van der Waals surface area contributed by atoms with Crippen molar-refractivity contribution in [3.8, 4) is 0 Å². The standard InChI is InChI=1S/C12H14N4O5S2/c1-8-6-12(17)16(14-8)15-13-10-5-4-9(22(2,18)19)7-11(10)23(3,20)21/h4-5,7H,6H2,1-3H3. The predicted molar refractivity (Wildman–Crippen MR) is 81.7 cm³/mol. The molecule has 1 aromatic carbocycles. The lowest BCUT2D eigenvalue weighted by molar-refractivity contribution is -0.129. The van der Waals surface area contributed by atoms with Crippen molar-refractivity contribution in [2.75, 3.05) is 12.5 Å². The molecule has 0 unspecified atom stereocenters. The van der Waals surface area contributed by atoms with Crippen molar-refractivity contribution in [1.29, 1.82) is 0 Å². The second-order valence-corrected chi connectivity index (χ2v) is 9.06. The van der Waals surface area contributed by atoms with E-state index in [-0.39, 0.29) is 27.8 Å². The maximum atomic E-state index is 11.8. The topological polar surface area (TPSA) is 126 Å². The Hall–Kier alpha value is -2.14. The Morgan fingerprint density at radius 3 is 2.26 bits per heavy atom. The van der Waals surface area contributed by atoms with E-state index < -0.39 is 19.7 Å². The van der Waals surface area contributed by atoms with Crippen LogP contribution >= 0.6 is 0 Å². The van der Waals surface area contributed by atoms with E-state index in [4.69, 9.17) is 0 Å². The molecule has 0 atom stereocenters. The van der Waals surface area contributed by atoms with E-state index in [0.29, 0.717) is 5.71 Å². The lowest BCUT2D eigenvalue weighted by Gasteiger charge is -2.06. The van der Waals surface area contributed by atoms with Gasteiger partial charge in [-0.05, 0) is 30.3 Å². The van der Waals surface area contributed by atoms with Gasteiger partial charge in [0.1, 0.15) is 5.69 Å². The Morgan fingerprint density at radius 1 is 1.13 bits per heavy atom. The smallest absolute Gasteiger partial charge is 0.270 e. The molecule has 0 saturated heterocycles. The Balaban J connectivity index is 2.49. The average Bonchev–Trinajstić information content (AvgIpc) is 2.72. The van der Waals surface area contributed by atoms with Crippen molar-refractivity contribution < 1.29 is 21.6 Å². The highest BCUT2D eigenvalue weighted by atomic mass is 32.2. The number of nitrogens with zero attached hydrogens (tertiary/aromatic N) is 4. The molecule has 1 aromatic rings. The number of carbonyl (C=O) groups excluding carboxylic acids is 1. The van der Waals surface area contributed by atoms with E-state index in [1.165, 1.54) is 12.1 Å². The summed E-state index contributed by atoms with van der Waals surface area (Å²) in [5, 5.41) is 11.9. The molecule has 11 heteroatoms. The maximum absolute atomic E-state index is 11.8. The van der Waals surface area contributed by atoms with Gasteiger partial charge in [-0.2, -0.15) is 5.10 Å². The lowest BCUT2D eigenvalue weighted by Crippen LogP contribution is -2.13. The highest BCUT2D eigenvalue weighted by Crippen LogP contribution is 2.28. The number of amides is 1. The van der Waals surface area contributed by atoms with Crippen LogP contribution in [-0.2, 0) is 24.5 Å². The van der Waals surface area contributed by atoms with Gasteiger partial charge < -0.3 is 0 Å². The quantitative estimate of drug-likeness (QED) is 0.745. The van der Waals surface area contributed by atoms with Gasteiger partial charge in [-0.1, -0.05) is 5.12 Å². The van der Waals surface area contributed by atoms with Crippen LogP contribution in [0.4, 0.5) is 5.69 Å². The van der Waals surface area contributed by atoms with Gasteiger partial charge in [0.25, 0.3) is 5.91 Å². The molecule has 1 aliphatic heterocycles. The average molecular weight is 358 g/mol. The summed E-state index contributed by atoms with van der Waals surface area (Å²) in [6.45, 7) is 1.65. The van der Waals surface area contributed by atoms with Crippen LogP contribution in [0, 0.1) is 0 Å². The third kappa shape index (κ3) is 3.99. The number of hydrogen-bond donors (Lipinski definition) is 0. The number of rotatable bonds is 4. The molecule has 0 spiro atoms. The molecular weight excluding hydrogens is 344 g/mol. The van der Waals surface area contributed by atoms with Crippen molar-refractivity contribution in [3.63, 3.8) is 0 Å². The molecule has 0 saturated carbocycles. The summed E-state index contributed by atoms with van der Waals surface area (Å²) in [7, 11) is -7.32. The fraction of sp³-hybridized carbons (Fsp3) is 0.333. The highest BCUT2D eigenvalue weighted by molar-refractivity contribution is 7.91. The zero-order valence-electron chi connectivity index (χ0n) is 12.6. The first-order valence-electron chi connectivity index (χ1n) is 6.31. The summed E-state index contributed by atoms with van der Waals surface area (Å²) in [4.78, 5) is 11.1. The molecule has 0 fully saturated rings. The molecule has 0 aromatic heterocycles. The van der Waals surface area contributed by atoms with Crippen molar-refractivity contribution in [1.82, 2.24) is 5.12 Å². The van der Waals surface area contributed by atoms with Crippen LogP contribution in [0.5, 0.6) is 0 Å². The zero-order valence-corrected chi connectivity index (χ0v) is 14.2. The SMILES string of the molecule is CC1=NN(N=Nc2ccc(S(C)(=O)=O)cc2S(C)(=O)=O)C(=O)C1. The van der Waals surface area contributed by atoms with Crippen LogP contribution < -0.4 is 0 Å². The first-order valence-corrected chi connectivity index (χ1v) is 10.1. The van der Waals surface area contributed by atoms with E-state index in [1.807, 2.05) is 0 Å². The molecule has 1 amide bonds. The minimum Gasteiger partial charge on any atom is -0.270 e. The largest absolute Gasteiger partial charge is 0.271 e. The summed E-state index contributed by atoms with van der Waals surface area (Å²) < 4.78 is 46.8. The fourth-order valence-corrected chi connectivity index (χ4v) is 3.36. The van der Waals surface area contributed by atoms with E-state index in [2.05, 4.69) is 15.4 Å². The normalized spacial score (nSPS) is 16.2. The Bertz CT molecular complexity index is 932. The second-order valence-electron chi connectivity index (χ2n) is 5.06. The van der Waals surface area contributed by atoms with E-state index in [0.717, 1.165) is 23.7 Å². The van der Waals surface area contributed by atoms with Crippen LogP contribution in [0.25, 0.3) is 0 Å². The summed E-state index contributed by atoms with van der Waals surface area (Å²) >= 11 is 0. The lowest BCUT2D eigenvalue weighted by atomic mass is 10.3. The molecule has 1 aliphatic rings. The van der Waals surface area contributed by atoms with E-state index in [9.17, 15) is 21.6 Å². The number of hydrogen-bond acceptors (Lipinski definition) is 8. The molecule has 1 heterocycles. The van der Waals surface area contributed by atoms with Gasteiger partial charge in [0.05, 0.1) is 16.2 Å². The third-order valence-corrected chi connectivity index (χ3v) is 5.13. The van der Waals surface area contributed by atoms with Crippen LogP contribution in [0.1, 0.15) is 13.3 Å². The van der Waals surface area contributed by atoms with E-state index in [1.54, 1.807) is 6.92 Å². The monoisotopic (exact) mass is 358 g/mol. The minimum atomic E-state index is -3.74. The van der Waals surface area contributed by atoms with Gasteiger partial charge in [-0.25, -0.2) is 16.8 Å². The number of benzene rings is 1. The number of hydrazone groups is 1. The van der Waals surface area contributed by atoms with Gasteiger partial charge in [0.2, 0.25) is 0 Å². The van der Waals surface area contributed by atoms with Crippen LogP contribution in [0.3, 0.4) is 0 Å². The van der Waals surface area contributed by atoms with Crippen molar-refractivity contribution in [3.05, 3.63) is 18.2 Å². The van der Waals surface area contributed by atoms with Crippen LogP contribution in [0.2, 0.25) is 0 Å². The summed E-state index contributed by atoms with van der Waals surface area (Å²) in [5.41, 5.74) is 0.483. The summed E-state index contributed by atoms with van der Waals surface area (Å²) in [6.07, 6.45) is 2.01. The van der Waals surface area contributed by atoms with Gasteiger partial charge >= 0.3 is 0 Å². The predicted octanol–water partition coefficient (Wildman–Crippen LogP) is 1.10. The third-order valence-electron chi connectivity index (χ3n) is 2.89. The Kier molecular flexibility index (Phi) is 4.35. The van der Waals surface area contributed by atoms with Crippen molar-refractivity contribution >= 4 is 37.0 Å². The molecule has 9 nitrogen and oxygen atoms in total. The molecule has 2 rings (SSSR count). The molecule has 0 aliphatic carbocycles. The molecule has 0 bridgehead atoms. The molecule has 0 N–H and O–H groups in total. The highest BCUT2D eigenvalue weighted by Gasteiger charge is 2.22. The zero-order chi connectivity index (χ0) is 17.4. The molecule has 124 valence electrons. The van der Waals surface area contributed by atoms with Gasteiger partial charge in [-0.15, -0.1) is 5.11 Å².